The van der Waals surface area contributed by atoms with E-state index in [1.807, 2.05) is 34.6 Å². The van der Waals surface area contributed by atoms with Crippen LogP contribution in [0.4, 0.5) is 4.79 Å². The van der Waals surface area contributed by atoms with E-state index in [-0.39, 0.29) is 24.4 Å². The summed E-state index contributed by atoms with van der Waals surface area (Å²) >= 11 is 0. The molecule has 1 amide bonds. The molecule has 3 rings (SSSR count). The summed E-state index contributed by atoms with van der Waals surface area (Å²) in [4.78, 5) is 12.5. The molecule has 3 saturated heterocycles. The summed E-state index contributed by atoms with van der Waals surface area (Å²) in [5, 5.41) is 2.97. The fourth-order valence-electron chi connectivity index (χ4n) is 4.73. The number of hydrogen-bond donors (Lipinski definition) is 2. The van der Waals surface area contributed by atoms with E-state index in [9.17, 15) is 4.79 Å². The van der Waals surface area contributed by atoms with Crippen molar-refractivity contribution in [2.45, 2.75) is 88.8 Å². The van der Waals surface area contributed by atoms with Gasteiger partial charge in [-0.05, 0) is 47.5 Å². The third kappa shape index (κ3) is 8.22. The Balaban J connectivity index is 1.43. The van der Waals surface area contributed by atoms with Crippen LogP contribution in [-0.2, 0) is 37.9 Å². The normalized spacial score (nSPS) is 31.4. The smallest absolute Gasteiger partial charge is 0.408 e. The van der Waals surface area contributed by atoms with Crippen LogP contribution in [0.1, 0.15) is 47.5 Å². The number of carbonyl (C=O) groups is 1. The van der Waals surface area contributed by atoms with Crippen LogP contribution in [0.15, 0.2) is 0 Å². The molecule has 0 aromatic heterocycles. The Labute approximate surface area is 208 Å². The van der Waals surface area contributed by atoms with Crippen LogP contribution >= 0.6 is 0 Å². The second kappa shape index (κ2) is 12.5. The summed E-state index contributed by atoms with van der Waals surface area (Å²) in [6.45, 7) is 13.6. The van der Waals surface area contributed by atoms with Gasteiger partial charge < -0.3 is 48.9 Å². The minimum atomic E-state index is -0.789. The zero-order chi connectivity index (χ0) is 25.5. The summed E-state index contributed by atoms with van der Waals surface area (Å²) in [5.74, 6) is -0.789. The average molecular weight is 505 g/mol. The molecule has 5 atom stereocenters. The number of amides is 1. The molecule has 0 unspecified atom stereocenters. The Bertz CT molecular complexity index is 672. The minimum absolute atomic E-state index is 0.202. The van der Waals surface area contributed by atoms with Gasteiger partial charge in [-0.25, -0.2) is 4.79 Å². The lowest BCUT2D eigenvalue weighted by Gasteiger charge is -2.44. The molecule has 0 saturated carbocycles. The number of fused-ring (bicyclic) bond motifs is 4. The summed E-state index contributed by atoms with van der Waals surface area (Å²) < 4.78 is 46.6. The molecule has 11 nitrogen and oxygen atoms in total. The molecule has 11 heteroatoms. The highest BCUT2D eigenvalue weighted by Crippen LogP contribution is 2.49. The molecule has 0 aliphatic carbocycles. The van der Waals surface area contributed by atoms with Gasteiger partial charge in [0.1, 0.15) is 23.4 Å². The Hall–Kier alpha value is -1.05. The molecule has 3 heterocycles. The fourth-order valence-corrected chi connectivity index (χ4v) is 4.73. The van der Waals surface area contributed by atoms with E-state index in [4.69, 9.17) is 43.6 Å². The van der Waals surface area contributed by atoms with Gasteiger partial charge in [-0.1, -0.05) is 0 Å². The van der Waals surface area contributed by atoms with Crippen molar-refractivity contribution in [3.8, 4) is 0 Å². The van der Waals surface area contributed by atoms with Gasteiger partial charge in [0.15, 0.2) is 5.79 Å². The van der Waals surface area contributed by atoms with Gasteiger partial charge >= 0.3 is 6.09 Å². The number of ether oxygens (including phenoxy) is 8. The van der Waals surface area contributed by atoms with E-state index in [2.05, 4.69) is 5.32 Å². The highest BCUT2D eigenvalue weighted by Gasteiger charge is 2.65. The topological polar surface area (TPSA) is 129 Å². The lowest BCUT2D eigenvalue weighted by molar-refractivity contribution is -0.205. The predicted octanol–water partition coefficient (Wildman–Crippen LogP) is 1.36. The van der Waals surface area contributed by atoms with Crippen molar-refractivity contribution in [3.05, 3.63) is 0 Å². The first-order chi connectivity index (χ1) is 16.6. The third-order valence-electron chi connectivity index (χ3n) is 6.05. The van der Waals surface area contributed by atoms with Crippen molar-refractivity contribution in [3.63, 3.8) is 0 Å². The lowest BCUT2D eigenvalue weighted by atomic mass is 9.88. The molecule has 35 heavy (non-hydrogen) atoms. The maximum Gasteiger partial charge on any atom is 0.408 e. The molecule has 2 bridgehead atoms. The standard InChI is InChI=1S/C24H44N2O9/c1-22(2,3)35-21(27)26-18-17-6-7-24(32-17,20-19(18)33-23(4,5)34-20)16-31-15-14-30-13-12-29-11-10-28-9-8-25/h17-20H,6-16,25H2,1-5H3,(H,26,27)/t17-,18+,19-,20-,24-/m1/s1. The van der Waals surface area contributed by atoms with Gasteiger partial charge in [0, 0.05) is 6.54 Å². The molecule has 3 fully saturated rings. The summed E-state index contributed by atoms with van der Waals surface area (Å²) in [6, 6.07) is -0.365. The van der Waals surface area contributed by atoms with E-state index in [1.54, 1.807) is 0 Å². The monoisotopic (exact) mass is 504 g/mol. The van der Waals surface area contributed by atoms with Gasteiger partial charge in [-0.15, -0.1) is 0 Å². The first kappa shape index (κ1) is 28.5. The van der Waals surface area contributed by atoms with E-state index in [0.717, 1.165) is 12.8 Å². The van der Waals surface area contributed by atoms with E-state index < -0.39 is 23.1 Å². The zero-order valence-corrected chi connectivity index (χ0v) is 21.8. The van der Waals surface area contributed by atoms with E-state index >= 15 is 0 Å². The maximum absolute atomic E-state index is 12.5. The molecule has 0 aromatic carbocycles. The average Bonchev–Trinajstić information content (AvgIpc) is 3.31. The van der Waals surface area contributed by atoms with Gasteiger partial charge in [0.2, 0.25) is 0 Å². The molecule has 0 radical (unpaired) electrons. The molecule has 3 aliphatic heterocycles. The Morgan fingerprint density at radius 3 is 2.14 bits per heavy atom. The Morgan fingerprint density at radius 2 is 1.54 bits per heavy atom. The molecular weight excluding hydrogens is 460 g/mol. The van der Waals surface area contributed by atoms with Crippen molar-refractivity contribution in [2.24, 2.45) is 5.73 Å². The van der Waals surface area contributed by atoms with Crippen LogP contribution in [0, 0.1) is 0 Å². The quantitative estimate of drug-likeness (QED) is 0.335. The van der Waals surface area contributed by atoms with Crippen LogP contribution in [0.5, 0.6) is 0 Å². The Morgan fingerprint density at radius 1 is 0.943 bits per heavy atom. The first-order valence-corrected chi connectivity index (χ1v) is 12.6. The van der Waals surface area contributed by atoms with Crippen LogP contribution in [0.3, 0.4) is 0 Å². The Kier molecular flexibility index (Phi) is 10.2. The predicted molar refractivity (Wildman–Crippen MR) is 126 cm³/mol. The highest BCUT2D eigenvalue weighted by molar-refractivity contribution is 5.68. The highest BCUT2D eigenvalue weighted by atomic mass is 16.8. The van der Waals surface area contributed by atoms with Crippen LogP contribution in [-0.4, -0.2) is 107 Å². The van der Waals surface area contributed by atoms with Crippen LogP contribution in [0.2, 0.25) is 0 Å². The van der Waals surface area contributed by atoms with Crippen molar-refractivity contribution < 1.29 is 42.7 Å². The first-order valence-electron chi connectivity index (χ1n) is 12.6. The third-order valence-corrected chi connectivity index (χ3v) is 6.05. The zero-order valence-electron chi connectivity index (χ0n) is 21.8. The van der Waals surface area contributed by atoms with Crippen molar-refractivity contribution >= 4 is 6.09 Å². The fraction of sp³-hybridized carbons (Fsp3) is 0.958. The number of nitrogens with two attached hydrogens (primary N) is 1. The van der Waals surface area contributed by atoms with Gasteiger partial charge in [0.25, 0.3) is 0 Å². The second-order valence-corrected chi connectivity index (χ2v) is 10.6. The van der Waals surface area contributed by atoms with Gasteiger partial charge in [-0.3, -0.25) is 0 Å². The number of alkyl carbamates (subject to hydrolysis) is 1. The molecular formula is C24H44N2O9. The largest absolute Gasteiger partial charge is 0.444 e. The summed E-state index contributed by atoms with van der Waals surface area (Å²) in [5.41, 5.74) is 4.14. The SMILES string of the molecule is CC(C)(C)OC(=O)N[C@@H]1[C@H]2OC(C)(C)O[C@H]2[C@]2(COCCOCCOCCOCCN)CC[C@H]1O2. The van der Waals surface area contributed by atoms with Crippen LogP contribution in [0.25, 0.3) is 0 Å². The molecule has 3 N–H and O–H groups in total. The molecule has 0 spiro atoms. The number of carbonyl (C=O) groups excluding carboxylic acids is 1. The van der Waals surface area contributed by atoms with E-state index in [1.165, 1.54) is 0 Å². The van der Waals surface area contributed by atoms with Gasteiger partial charge in [0.05, 0.1) is 65.0 Å². The van der Waals surface area contributed by atoms with Crippen LogP contribution < -0.4 is 11.1 Å². The van der Waals surface area contributed by atoms with E-state index in [0.29, 0.717) is 59.4 Å². The van der Waals surface area contributed by atoms with Crippen molar-refractivity contribution in [1.82, 2.24) is 5.32 Å². The summed E-state index contributed by atoms with van der Waals surface area (Å²) in [7, 11) is 0. The van der Waals surface area contributed by atoms with Crippen molar-refractivity contribution in [2.75, 3.05) is 59.4 Å². The minimum Gasteiger partial charge on any atom is -0.444 e. The second-order valence-electron chi connectivity index (χ2n) is 10.6. The molecule has 0 aromatic rings. The maximum atomic E-state index is 12.5. The van der Waals surface area contributed by atoms with Crippen molar-refractivity contribution in [1.29, 1.82) is 0 Å². The summed E-state index contributed by atoms with van der Waals surface area (Å²) in [6.07, 6.45) is 0.111. The lowest BCUT2D eigenvalue weighted by Crippen LogP contribution is -2.65. The molecule has 3 aliphatic rings. The number of nitrogens with one attached hydrogen (secondary N) is 1. The number of hydrogen-bond acceptors (Lipinski definition) is 10. The molecule has 204 valence electrons. The van der Waals surface area contributed by atoms with Gasteiger partial charge in [-0.2, -0.15) is 0 Å². The number of rotatable bonds is 14.